The highest BCUT2D eigenvalue weighted by Gasteiger charge is 2.40. The Morgan fingerprint density at radius 1 is 1.12 bits per heavy atom. The molecule has 1 saturated heterocycles. The molecule has 0 aromatic heterocycles. The van der Waals surface area contributed by atoms with Gasteiger partial charge in [-0.2, -0.15) is 0 Å². The lowest BCUT2D eigenvalue weighted by Crippen LogP contribution is -2.61. The molecule has 1 rings (SSSR count). The summed E-state index contributed by atoms with van der Waals surface area (Å²) in [5, 5.41) is 0. The van der Waals surface area contributed by atoms with Crippen LogP contribution in [0.15, 0.2) is 0 Å². The van der Waals surface area contributed by atoms with Gasteiger partial charge >= 0.3 is 0 Å². The van der Waals surface area contributed by atoms with Crippen LogP contribution in [-0.2, 0) is 4.74 Å². The van der Waals surface area contributed by atoms with Gasteiger partial charge in [-0.1, -0.05) is 27.7 Å². The fourth-order valence-electron chi connectivity index (χ4n) is 2.42. The van der Waals surface area contributed by atoms with Gasteiger partial charge in [-0.25, -0.2) is 0 Å². The number of morpholine rings is 1. The summed E-state index contributed by atoms with van der Waals surface area (Å²) < 4.78 is 5.95. The Morgan fingerprint density at radius 2 is 1.69 bits per heavy atom. The van der Waals surface area contributed by atoms with E-state index in [0.29, 0.717) is 12.1 Å². The average molecular weight is 227 g/mol. The predicted molar refractivity (Wildman–Crippen MR) is 69.7 cm³/mol. The molecule has 0 aliphatic carbocycles. The van der Waals surface area contributed by atoms with Crippen LogP contribution in [-0.4, -0.2) is 35.7 Å². The summed E-state index contributed by atoms with van der Waals surface area (Å²) in [7, 11) is 0. The van der Waals surface area contributed by atoms with Crippen molar-refractivity contribution in [2.75, 3.05) is 13.2 Å². The van der Waals surface area contributed by atoms with Gasteiger partial charge in [0, 0.05) is 18.1 Å². The zero-order valence-corrected chi connectivity index (χ0v) is 12.1. The van der Waals surface area contributed by atoms with E-state index >= 15 is 0 Å². The van der Waals surface area contributed by atoms with Crippen molar-refractivity contribution in [3.63, 3.8) is 0 Å². The minimum absolute atomic E-state index is 0.231. The summed E-state index contributed by atoms with van der Waals surface area (Å²) in [6, 6.07) is 0.523. The third-order valence-corrected chi connectivity index (χ3v) is 3.58. The monoisotopic (exact) mass is 227 g/mol. The molecule has 2 unspecified atom stereocenters. The van der Waals surface area contributed by atoms with Crippen molar-refractivity contribution < 1.29 is 4.74 Å². The van der Waals surface area contributed by atoms with E-state index in [4.69, 9.17) is 4.74 Å². The van der Waals surface area contributed by atoms with Crippen molar-refractivity contribution in [2.24, 2.45) is 5.41 Å². The Balaban J connectivity index is 2.85. The third kappa shape index (κ3) is 3.21. The zero-order valence-electron chi connectivity index (χ0n) is 12.1. The van der Waals surface area contributed by atoms with E-state index in [9.17, 15) is 0 Å². The van der Waals surface area contributed by atoms with E-state index in [0.717, 1.165) is 19.6 Å². The van der Waals surface area contributed by atoms with Gasteiger partial charge in [-0.05, 0) is 32.6 Å². The Bertz CT molecular complexity index is 224. The van der Waals surface area contributed by atoms with Gasteiger partial charge in [0.05, 0.1) is 12.7 Å². The second-order valence-corrected chi connectivity index (χ2v) is 7.07. The summed E-state index contributed by atoms with van der Waals surface area (Å²) in [4.78, 5) is 2.63. The molecule has 0 aromatic rings. The number of hydrogen-bond donors (Lipinski definition) is 0. The number of ether oxygens (including phenoxy) is 1. The van der Waals surface area contributed by atoms with Crippen LogP contribution in [0.1, 0.15) is 54.9 Å². The first-order chi connectivity index (χ1) is 7.16. The topological polar surface area (TPSA) is 12.5 Å². The SMILES string of the molecule is CCC1CN(C(C)(C)C)C(C(C)(C)C)CO1. The third-order valence-electron chi connectivity index (χ3n) is 3.58. The summed E-state index contributed by atoms with van der Waals surface area (Å²) in [5.74, 6) is 0. The van der Waals surface area contributed by atoms with Gasteiger partial charge < -0.3 is 4.74 Å². The molecule has 1 fully saturated rings. The quantitative estimate of drug-likeness (QED) is 0.681. The zero-order chi connectivity index (χ0) is 12.6. The van der Waals surface area contributed by atoms with Crippen molar-refractivity contribution in [1.29, 1.82) is 0 Å². The van der Waals surface area contributed by atoms with Gasteiger partial charge in [0.1, 0.15) is 0 Å². The van der Waals surface area contributed by atoms with E-state index < -0.39 is 0 Å². The number of nitrogens with zero attached hydrogens (tertiary/aromatic N) is 1. The summed E-state index contributed by atoms with van der Waals surface area (Å²) >= 11 is 0. The molecule has 0 saturated carbocycles. The molecule has 0 radical (unpaired) electrons. The molecule has 0 spiro atoms. The minimum atomic E-state index is 0.231. The van der Waals surface area contributed by atoms with Gasteiger partial charge in [0.2, 0.25) is 0 Å². The molecule has 16 heavy (non-hydrogen) atoms. The molecule has 0 aromatic carbocycles. The highest BCUT2D eigenvalue weighted by atomic mass is 16.5. The highest BCUT2D eigenvalue weighted by Crippen LogP contribution is 2.33. The van der Waals surface area contributed by atoms with Crippen molar-refractivity contribution in [1.82, 2.24) is 4.90 Å². The van der Waals surface area contributed by atoms with Crippen molar-refractivity contribution in [3.05, 3.63) is 0 Å². The smallest absolute Gasteiger partial charge is 0.0700 e. The van der Waals surface area contributed by atoms with Gasteiger partial charge in [0.15, 0.2) is 0 Å². The fraction of sp³-hybridized carbons (Fsp3) is 1.00. The van der Waals surface area contributed by atoms with Crippen molar-refractivity contribution in [2.45, 2.75) is 72.6 Å². The first kappa shape index (κ1) is 14.0. The van der Waals surface area contributed by atoms with E-state index in [1.807, 2.05) is 0 Å². The molecular weight excluding hydrogens is 198 g/mol. The second-order valence-electron chi connectivity index (χ2n) is 7.07. The van der Waals surface area contributed by atoms with Crippen LogP contribution >= 0.6 is 0 Å². The van der Waals surface area contributed by atoms with E-state index in [-0.39, 0.29) is 11.0 Å². The van der Waals surface area contributed by atoms with E-state index in [1.54, 1.807) is 0 Å². The Morgan fingerprint density at radius 3 is 2.06 bits per heavy atom. The molecule has 0 amide bonds. The lowest BCUT2D eigenvalue weighted by Gasteiger charge is -2.51. The second kappa shape index (κ2) is 4.66. The van der Waals surface area contributed by atoms with E-state index in [1.165, 1.54) is 0 Å². The first-order valence-electron chi connectivity index (χ1n) is 6.54. The van der Waals surface area contributed by atoms with Gasteiger partial charge in [0.25, 0.3) is 0 Å². The van der Waals surface area contributed by atoms with Crippen molar-refractivity contribution >= 4 is 0 Å². The lowest BCUT2D eigenvalue weighted by molar-refractivity contribution is -0.124. The molecule has 1 aliphatic heterocycles. The van der Waals surface area contributed by atoms with E-state index in [2.05, 4.69) is 53.4 Å². The molecule has 2 atom stereocenters. The average Bonchev–Trinajstić information content (AvgIpc) is 2.14. The molecule has 2 heteroatoms. The van der Waals surface area contributed by atoms with Crippen LogP contribution in [0.5, 0.6) is 0 Å². The Kier molecular flexibility index (Phi) is 4.07. The van der Waals surface area contributed by atoms with Crippen LogP contribution < -0.4 is 0 Å². The fourth-order valence-corrected chi connectivity index (χ4v) is 2.42. The maximum absolute atomic E-state index is 5.95. The molecule has 0 bridgehead atoms. The van der Waals surface area contributed by atoms with Crippen LogP contribution in [0.2, 0.25) is 0 Å². The standard InChI is InChI=1S/C14H29NO/c1-8-11-9-15(14(5,6)7)12(10-16-11)13(2,3)4/h11-12H,8-10H2,1-7H3. The van der Waals surface area contributed by atoms with Crippen LogP contribution in [0.4, 0.5) is 0 Å². The summed E-state index contributed by atoms with van der Waals surface area (Å²) in [6.07, 6.45) is 1.53. The Hall–Kier alpha value is -0.0800. The first-order valence-corrected chi connectivity index (χ1v) is 6.54. The summed E-state index contributed by atoms with van der Waals surface area (Å²) in [5.41, 5.74) is 0.515. The Labute approximate surface area is 101 Å². The maximum atomic E-state index is 5.95. The summed E-state index contributed by atoms with van der Waals surface area (Å²) in [6.45, 7) is 18.0. The normalized spacial score (nSPS) is 29.4. The maximum Gasteiger partial charge on any atom is 0.0700 e. The molecule has 1 heterocycles. The van der Waals surface area contributed by atoms with Crippen LogP contribution in [0.25, 0.3) is 0 Å². The molecule has 2 nitrogen and oxygen atoms in total. The molecule has 1 aliphatic rings. The van der Waals surface area contributed by atoms with Gasteiger partial charge in [-0.3, -0.25) is 4.90 Å². The largest absolute Gasteiger partial charge is 0.375 e. The highest BCUT2D eigenvalue weighted by molar-refractivity contribution is 4.93. The predicted octanol–water partition coefficient (Wildman–Crippen LogP) is 3.31. The molecular formula is C14H29NO. The number of rotatable bonds is 1. The molecule has 0 N–H and O–H groups in total. The van der Waals surface area contributed by atoms with Crippen molar-refractivity contribution in [3.8, 4) is 0 Å². The van der Waals surface area contributed by atoms with Crippen LogP contribution in [0.3, 0.4) is 0 Å². The minimum Gasteiger partial charge on any atom is -0.375 e. The lowest BCUT2D eigenvalue weighted by atomic mass is 9.82. The van der Waals surface area contributed by atoms with Crippen LogP contribution in [0, 0.1) is 5.41 Å². The van der Waals surface area contributed by atoms with Gasteiger partial charge in [-0.15, -0.1) is 0 Å². The number of hydrogen-bond acceptors (Lipinski definition) is 2. The molecule has 96 valence electrons.